The smallest absolute Gasteiger partial charge is 0.414 e. The minimum absolute atomic E-state index is 0.0426. The molecule has 13 nitrogen and oxygen atoms in total. The summed E-state index contributed by atoms with van der Waals surface area (Å²) in [6, 6.07) is 0. The second-order valence-corrected chi connectivity index (χ2v) is 10.9. The maximum Gasteiger partial charge on any atom is 0.414 e. The molecule has 13 heteroatoms. The molecule has 210 valence electrons. The highest BCUT2D eigenvalue weighted by atomic mass is 16.6. The van der Waals surface area contributed by atoms with Gasteiger partial charge in [-0.3, -0.25) is 25.3 Å². The van der Waals surface area contributed by atoms with Crippen molar-refractivity contribution in [3.63, 3.8) is 0 Å². The van der Waals surface area contributed by atoms with Gasteiger partial charge in [-0.05, 0) is 33.7 Å². The standard InChI is InChI=1S/C24H43N7O6/c1-24(2,3)37-22(34)26-21(25)30-14-11-28(12-15-30)13-16-31-18-19(36-23(31)35)17-29-9-7-27(8-10-29)6-4-5-20(32)33/h19H,4-18H2,1-3H3,(H,32,33)(H2,25,26,34). The quantitative estimate of drug-likeness (QED) is 0.285. The summed E-state index contributed by atoms with van der Waals surface area (Å²) >= 11 is 0. The van der Waals surface area contributed by atoms with Crippen LogP contribution in [-0.4, -0.2) is 151 Å². The molecular weight excluding hydrogens is 482 g/mol. The van der Waals surface area contributed by atoms with Crippen molar-refractivity contribution in [1.29, 1.82) is 5.41 Å². The number of nitrogens with zero attached hydrogens (tertiary/aromatic N) is 5. The minimum atomic E-state index is -0.749. The summed E-state index contributed by atoms with van der Waals surface area (Å²) in [5.41, 5.74) is -0.613. The van der Waals surface area contributed by atoms with Crippen LogP contribution < -0.4 is 5.32 Å². The monoisotopic (exact) mass is 525 g/mol. The van der Waals surface area contributed by atoms with Gasteiger partial charge < -0.3 is 29.3 Å². The lowest BCUT2D eigenvalue weighted by molar-refractivity contribution is -0.137. The predicted molar refractivity (Wildman–Crippen MR) is 137 cm³/mol. The predicted octanol–water partition coefficient (Wildman–Crippen LogP) is 0.367. The molecule has 2 amide bonds. The van der Waals surface area contributed by atoms with Crippen molar-refractivity contribution in [1.82, 2.24) is 29.8 Å². The first kappa shape index (κ1) is 28.9. The fourth-order valence-corrected chi connectivity index (χ4v) is 4.73. The van der Waals surface area contributed by atoms with Crippen molar-refractivity contribution in [2.45, 2.75) is 45.3 Å². The second-order valence-electron chi connectivity index (χ2n) is 10.9. The Hall–Kier alpha value is -2.64. The van der Waals surface area contributed by atoms with Gasteiger partial charge in [-0.15, -0.1) is 0 Å². The number of piperazine rings is 2. The summed E-state index contributed by atoms with van der Waals surface area (Å²) in [5.74, 6) is -0.706. The van der Waals surface area contributed by atoms with Crippen molar-refractivity contribution in [2.24, 2.45) is 0 Å². The number of guanidine groups is 1. The van der Waals surface area contributed by atoms with Gasteiger partial charge in [-0.2, -0.15) is 0 Å². The van der Waals surface area contributed by atoms with E-state index in [1.165, 1.54) is 0 Å². The first-order valence-electron chi connectivity index (χ1n) is 13.2. The summed E-state index contributed by atoms with van der Waals surface area (Å²) in [4.78, 5) is 45.4. The van der Waals surface area contributed by atoms with Gasteiger partial charge in [-0.1, -0.05) is 0 Å². The number of aliphatic carboxylic acids is 1. The lowest BCUT2D eigenvalue weighted by Crippen LogP contribution is -2.54. The molecule has 3 heterocycles. The average molecular weight is 526 g/mol. The van der Waals surface area contributed by atoms with E-state index in [9.17, 15) is 14.4 Å². The third-order valence-electron chi connectivity index (χ3n) is 6.74. The summed E-state index contributed by atoms with van der Waals surface area (Å²) in [7, 11) is 0. The molecule has 0 aromatic rings. The molecule has 0 aromatic carbocycles. The Morgan fingerprint density at radius 3 is 2.22 bits per heavy atom. The number of nitrogens with one attached hydrogen (secondary N) is 2. The molecule has 3 fully saturated rings. The Morgan fingerprint density at radius 1 is 1.00 bits per heavy atom. The van der Waals surface area contributed by atoms with E-state index in [0.717, 1.165) is 58.9 Å². The molecule has 0 radical (unpaired) electrons. The molecule has 1 unspecified atom stereocenters. The number of rotatable bonds is 9. The van der Waals surface area contributed by atoms with Gasteiger partial charge in [0.25, 0.3) is 0 Å². The van der Waals surface area contributed by atoms with Crippen molar-refractivity contribution in [3.8, 4) is 0 Å². The molecule has 3 saturated heterocycles. The number of amides is 2. The Labute approximate surface area is 219 Å². The Balaban J connectivity index is 1.29. The Morgan fingerprint density at radius 2 is 1.59 bits per heavy atom. The van der Waals surface area contributed by atoms with Crippen LogP contribution in [0.5, 0.6) is 0 Å². The summed E-state index contributed by atoms with van der Waals surface area (Å²) in [6.07, 6.45) is -0.148. The first-order chi connectivity index (χ1) is 17.5. The molecule has 3 aliphatic rings. The fraction of sp³-hybridized carbons (Fsp3) is 0.833. The Kier molecular flexibility index (Phi) is 10.4. The fourth-order valence-electron chi connectivity index (χ4n) is 4.73. The number of hydrogen-bond acceptors (Lipinski definition) is 9. The second kappa shape index (κ2) is 13.2. The van der Waals surface area contributed by atoms with Crippen LogP contribution in [0.2, 0.25) is 0 Å². The molecule has 3 rings (SSSR count). The van der Waals surface area contributed by atoms with Gasteiger partial charge in [0.1, 0.15) is 11.7 Å². The van der Waals surface area contributed by atoms with Crippen LogP contribution in [0.25, 0.3) is 0 Å². The normalized spacial score (nSPS) is 22.1. The van der Waals surface area contributed by atoms with Gasteiger partial charge in [0, 0.05) is 78.4 Å². The topological polar surface area (TPSA) is 142 Å². The van der Waals surface area contributed by atoms with E-state index in [1.807, 2.05) is 4.90 Å². The van der Waals surface area contributed by atoms with Crippen molar-refractivity contribution in [3.05, 3.63) is 0 Å². The van der Waals surface area contributed by atoms with Gasteiger partial charge >= 0.3 is 18.2 Å². The van der Waals surface area contributed by atoms with Gasteiger partial charge in [0.05, 0.1) is 6.54 Å². The number of carbonyl (C=O) groups is 3. The lowest BCUT2D eigenvalue weighted by atomic mass is 10.2. The number of ether oxygens (including phenoxy) is 2. The molecule has 0 bridgehead atoms. The number of hydrogen-bond donors (Lipinski definition) is 3. The van der Waals surface area contributed by atoms with Gasteiger partial charge in [0.2, 0.25) is 5.96 Å². The number of carbonyl (C=O) groups excluding carboxylic acids is 2. The molecule has 37 heavy (non-hydrogen) atoms. The van der Waals surface area contributed by atoms with E-state index in [-0.39, 0.29) is 24.6 Å². The SMILES string of the molecule is CC(C)(C)OC(=O)NC(=N)N1CCN(CCN2CC(CN3CCN(CCCC(=O)O)CC3)OC2=O)CC1. The van der Waals surface area contributed by atoms with E-state index in [0.29, 0.717) is 32.6 Å². The zero-order valence-corrected chi connectivity index (χ0v) is 22.4. The van der Waals surface area contributed by atoms with E-state index in [2.05, 4.69) is 20.0 Å². The number of cyclic esters (lactones) is 1. The number of carboxylic acids is 1. The largest absolute Gasteiger partial charge is 0.481 e. The van der Waals surface area contributed by atoms with Crippen LogP contribution >= 0.6 is 0 Å². The van der Waals surface area contributed by atoms with Crippen molar-refractivity contribution < 1.29 is 29.0 Å². The van der Waals surface area contributed by atoms with Gasteiger partial charge in [0.15, 0.2) is 0 Å². The minimum Gasteiger partial charge on any atom is -0.481 e. The molecule has 3 aliphatic heterocycles. The van der Waals surface area contributed by atoms with E-state index < -0.39 is 17.7 Å². The van der Waals surface area contributed by atoms with E-state index in [4.69, 9.17) is 20.0 Å². The van der Waals surface area contributed by atoms with Crippen LogP contribution in [0.15, 0.2) is 0 Å². The van der Waals surface area contributed by atoms with E-state index in [1.54, 1.807) is 25.7 Å². The third-order valence-corrected chi connectivity index (χ3v) is 6.74. The summed E-state index contributed by atoms with van der Waals surface area (Å²) < 4.78 is 10.8. The average Bonchev–Trinajstić information content (AvgIpc) is 3.16. The third kappa shape index (κ3) is 9.97. The van der Waals surface area contributed by atoms with Crippen LogP contribution in [0, 0.1) is 5.41 Å². The maximum absolute atomic E-state index is 12.4. The molecule has 0 spiro atoms. The molecule has 0 saturated carbocycles. The molecule has 0 aliphatic carbocycles. The van der Waals surface area contributed by atoms with Gasteiger partial charge in [-0.25, -0.2) is 9.59 Å². The highest BCUT2D eigenvalue weighted by Gasteiger charge is 2.33. The van der Waals surface area contributed by atoms with E-state index >= 15 is 0 Å². The number of carboxylic acid groups (broad SMARTS) is 1. The highest BCUT2D eigenvalue weighted by molar-refractivity contribution is 5.92. The first-order valence-corrected chi connectivity index (χ1v) is 13.2. The zero-order chi connectivity index (χ0) is 27.0. The van der Waals surface area contributed by atoms with Crippen molar-refractivity contribution >= 4 is 24.1 Å². The molecule has 0 aromatic heterocycles. The molecule has 3 N–H and O–H groups in total. The molecule has 1 atom stereocenters. The maximum atomic E-state index is 12.4. The summed E-state index contributed by atoms with van der Waals surface area (Å²) in [5, 5.41) is 19.4. The zero-order valence-electron chi connectivity index (χ0n) is 22.4. The number of alkyl carbamates (subject to hydrolysis) is 1. The van der Waals surface area contributed by atoms with Crippen LogP contribution in [0.1, 0.15) is 33.6 Å². The Bertz CT molecular complexity index is 804. The van der Waals surface area contributed by atoms with Crippen LogP contribution in [-0.2, 0) is 14.3 Å². The van der Waals surface area contributed by atoms with Crippen molar-refractivity contribution in [2.75, 3.05) is 85.1 Å². The lowest BCUT2D eigenvalue weighted by Gasteiger charge is -2.36. The van der Waals surface area contributed by atoms with Crippen LogP contribution in [0.4, 0.5) is 9.59 Å². The molecular formula is C24H43N7O6. The highest BCUT2D eigenvalue weighted by Crippen LogP contribution is 2.15. The summed E-state index contributed by atoms with van der Waals surface area (Å²) in [6.45, 7) is 15.1. The van der Waals surface area contributed by atoms with Crippen LogP contribution in [0.3, 0.4) is 0 Å².